The Morgan fingerprint density at radius 3 is 2.67 bits per heavy atom. The van der Waals surface area contributed by atoms with E-state index in [1.807, 2.05) is 6.92 Å². The molecule has 0 saturated carbocycles. The number of rotatable bonds is 4. The summed E-state index contributed by atoms with van der Waals surface area (Å²) in [6.45, 7) is 3.64. The molecular formula is C12H14F2N4. The lowest BCUT2D eigenvalue weighted by atomic mass is 10.1. The van der Waals surface area contributed by atoms with Crippen LogP contribution in [0.2, 0.25) is 0 Å². The summed E-state index contributed by atoms with van der Waals surface area (Å²) in [6.07, 6.45) is 1.40. The zero-order valence-corrected chi connectivity index (χ0v) is 10.1. The monoisotopic (exact) mass is 252 g/mol. The SMILES string of the molecule is CC(NC(C)c1cc(F)ccc1F)c1ncn[nH]1. The summed E-state index contributed by atoms with van der Waals surface area (Å²) in [5.74, 6) is -0.229. The molecule has 2 N–H and O–H groups in total. The molecule has 0 amide bonds. The molecule has 0 saturated heterocycles. The van der Waals surface area contributed by atoms with E-state index in [9.17, 15) is 8.78 Å². The van der Waals surface area contributed by atoms with Crippen LogP contribution in [0.5, 0.6) is 0 Å². The molecule has 0 bridgehead atoms. The molecule has 2 rings (SSSR count). The third kappa shape index (κ3) is 2.70. The zero-order valence-electron chi connectivity index (χ0n) is 10.1. The van der Waals surface area contributed by atoms with Gasteiger partial charge in [0.05, 0.1) is 6.04 Å². The Kier molecular flexibility index (Phi) is 3.66. The number of H-pyrrole nitrogens is 1. The van der Waals surface area contributed by atoms with Gasteiger partial charge in [-0.15, -0.1) is 0 Å². The number of aromatic nitrogens is 3. The Hall–Kier alpha value is -1.82. The Morgan fingerprint density at radius 1 is 1.22 bits per heavy atom. The van der Waals surface area contributed by atoms with Crippen LogP contribution in [0.15, 0.2) is 24.5 Å². The fourth-order valence-electron chi connectivity index (χ4n) is 1.81. The number of nitrogens with zero attached hydrogens (tertiary/aromatic N) is 2. The molecule has 96 valence electrons. The first-order valence-corrected chi connectivity index (χ1v) is 5.64. The first kappa shape index (κ1) is 12.6. The summed E-state index contributed by atoms with van der Waals surface area (Å²) in [7, 11) is 0. The molecule has 0 aliphatic carbocycles. The first-order valence-electron chi connectivity index (χ1n) is 5.64. The molecule has 2 aromatic rings. The van der Waals surface area contributed by atoms with Gasteiger partial charge < -0.3 is 5.32 Å². The third-order valence-electron chi connectivity index (χ3n) is 2.77. The highest BCUT2D eigenvalue weighted by molar-refractivity contribution is 5.22. The number of halogens is 2. The van der Waals surface area contributed by atoms with Crippen LogP contribution in [0.25, 0.3) is 0 Å². The fraction of sp³-hybridized carbons (Fsp3) is 0.333. The highest BCUT2D eigenvalue weighted by Crippen LogP contribution is 2.20. The van der Waals surface area contributed by atoms with Crippen molar-refractivity contribution in [3.63, 3.8) is 0 Å². The molecule has 18 heavy (non-hydrogen) atoms. The van der Waals surface area contributed by atoms with Crippen molar-refractivity contribution in [3.05, 3.63) is 47.5 Å². The molecule has 6 heteroatoms. The van der Waals surface area contributed by atoms with E-state index in [-0.39, 0.29) is 12.1 Å². The average Bonchev–Trinajstić information content (AvgIpc) is 2.85. The number of aromatic amines is 1. The maximum atomic E-state index is 13.6. The maximum absolute atomic E-state index is 13.6. The van der Waals surface area contributed by atoms with Crippen molar-refractivity contribution >= 4 is 0 Å². The van der Waals surface area contributed by atoms with E-state index in [0.29, 0.717) is 11.4 Å². The van der Waals surface area contributed by atoms with Crippen molar-refractivity contribution in [1.82, 2.24) is 20.5 Å². The van der Waals surface area contributed by atoms with E-state index < -0.39 is 11.6 Å². The predicted molar refractivity (Wildman–Crippen MR) is 62.7 cm³/mol. The average molecular weight is 252 g/mol. The van der Waals surface area contributed by atoms with Crippen molar-refractivity contribution < 1.29 is 8.78 Å². The van der Waals surface area contributed by atoms with E-state index in [0.717, 1.165) is 12.1 Å². The van der Waals surface area contributed by atoms with E-state index in [4.69, 9.17) is 0 Å². The summed E-state index contributed by atoms with van der Waals surface area (Å²) in [4.78, 5) is 4.01. The topological polar surface area (TPSA) is 53.6 Å². The standard InChI is InChI=1S/C12H14F2N4/c1-7(10-5-9(13)3-4-11(10)14)17-8(2)12-15-6-16-18-12/h3-8,17H,1-2H3,(H,15,16,18). The van der Waals surface area contributed by atoms with Crippen LogP contribution in [-0.4, -0.2) is 15.2 Å². The largest absolute Gasteiger partial charge is 0.301 e. The summed E-state index contributed by atoms with van der Waals surface area (Å²) in [6, 6.07) is 2.96. The second kappa shape index (κ2) is 5.22. The smallest absolute Gasteiger partial charge is 0.141 e. The predicted octanol–water partition coefficient (Wildman–Crippen LogP) is 2.49. The van der Waals surface area contributed by atoms with Gasteiger partial charge >= 0.3 is 0 Å². The fourth-order valence-corrected chi connectivity index (χ4v) is 1.81. The second-order valence-corrected chi connectivity index (χ2v) is 4.15. The molecular weight excluding hydrogens is 238 g/mol. The van der Waals surface area contributed by atoms with Crippen LogP contribution in [-0.2, 0) is 0 Å². The van der Waals surface area contributed by atoms with Crippen LogP contribution >= 0.6 is 0 Å². The van der Waals surface area contributed by atoms with Gasteiger partial charge in [0.1, 0.15) is 23.8 Å². The molecule has 1 heterocycles. The zero-order chi connectivity index (χ0) is 13.1. The number of hydrogen-bond acceptors (Lipinski definition) is 3. The van der Waals surface area contributed by atoms with Crippen LogP contribution in [0, 0.1) is 11.6 Å². The van der Waals surface area contributed by atoms with Crippen LogP contribution in [0.3, 0.4) is 0 Å². The first-order chi connectivity index (χ1) is 8.58. The van der Waals surface area contributed by atoms with Gasteiger partial charge in [-0.1, -0.05) is 0 Å². The number of hydrogen-bond donors (Lipinski definition) is 2. The number of benzene rings is 1. The highest BCUT2D eigenvalue weighted by Gasteiger charge is 2.16. The van der Waals surface area contributed by atoms with Crippen molar-refractivity contribution in [3.8, 4) is 0 Å². The van der Waals surface area contributed by atoms with Crippen molar-refractivity contribution in [2.45, 2.75) is 25.9 Å². The van der Waals surface area contributed by atoms with Gasteiger partial charge in [0, 0.05) is 11.6 Å². The third-order valence-corrected chi connectivity index (χ3v) is 2.77. The minimum atomic E-state index is -0.452. The van der Waals surface area contributed by atoms with Gasteiger partial charge in [-0.25, -0.2) is 13.8 Å². The normalized spacial score (nSPS) is 14.4. The summed E-state index contributed by atoms with van der Waals surface area (Å²) >= 11 is 0. The quantitative estimate of drug-likeness (QED) is 0.879. The Labute approximate surface area is 103 Å². The van der Waals surface area contributed by atoms with Gasteiger partial charge in [-0.3, -0.25) is 5.10 Å². The van der Waals surface area contributed by atoms with E-state index in [1.54, 1.807) is 6.92 Å². The van der Waals surface area contributed by atoms with Crippen molar-refractivity contribution in [1.29, 1.82) is 0 Å². The maximum Gasteiger partial charge on any atom is 0.141 e. The summed E-state index contributed by atoms with van der Waals surface area (Å²) < 4.78 is 26.7. The molecule has 4 nitrogen and oxygen atoms in total. The molecule has 0 radical (unpaired) electrons. The molecule has 2 atom stereocenters. The second-order valence-electron chi connectivity index (χ2n) is 4.15. The summed E-state index contributed by atoms with van der Waals surface area (Å²) in [5, 5.41) is 9.60. The summed E-state index contributed by atoms with van der Waals surface area (Å²) in [5.41, 5.74) is 0.293. The molecule has 0 spiro atoms. The van der Waals surface area contributed by atoms with Gasteiger partial charge in [0.2, 0.25) is 0 Å². The van der Waals surface area contributed by atoms with Crippen LogP contribution < -0.4 is 5.32 Å². The molecule has 1 aromatic carbocycles. The van der Waals surface area contributed by atoms with Gasteiger partial charge in [-0.2, -0.15) is 5.10 Å². The van der Waals surface area contributed by atoms with E-state index in [1.165, 1.54) is 12.4 Å². The molecule has 0 aliphatic rings. The minimum absolute atomic E-state index is 0.134. The minimum Gasteiger partial charge on any atom is -0.301 e. The lowest BCUT2D eigenvalue weighted by Crippen LogP contribution is -2.24. The highest BCUT2D eigenvalue weighted by atomic mass is 19.1. The molecule has 2 unspecified atom stereocenters. The molecule has 0 aliphatic heterocycles. The van der Waals surface area contributed by atoms with E-state index >= 15 is 0 Å². The lowest BCUT2D eigenvalue weighted by molar-refractivity contribution is 0.457. The van der Waals surface area contributed by atoms with Crippen LogP contribution in [0.4, 0.5) is 8.78 Å². The van der Waals surface area contributed by atoms with Gasteiger partial charge in [-0.05, 0) is 32.0 Å². The van der Waals surface area contributed by atoms with Crippen molar-refractivity contribution in [2.24, 2.45) is 0 Å². The Bertz CT molecular complexity index is 513. The Morgan fingerprint density at radius 2 is 2.00 bits per heavy atom. The van der Waals surface area contributed by atoms with Crippen LogP contribution in [0.1, 0.15) is 37.3 Å². The van der Waals surface area contributed by atoms with Gasteiger partial charge in [0.15, 0.2) is 0 Å². The molecule has 0 fully saturated rings. The van der Waals surface area contributed by atoms with E-state index in [2.05, 4.69) is 20.5 Å². The molecule has 1 aromatic heterocycles. The lowest BCUT2D eigenvalue weighted by Gasteiger charge is -2.19. The number of nitrogens with one attached hydrogen (secondary N) is 2. The van der Waals surface area contributed by atoms with Crippen molar-refractivity contribution in [2.75, 3.05) is 0 Å². The van der Waals surface area contributed by atoms with Gasteiger partial charge in [0.25, 0.3) is 0 Å². The Balaban J connectivity index is 2.12.